The fraction of sp³-hybridized carbons (Fsp3) is 0.294. The Morgan fingerprint density at radius 1 is 1.29 bits per heavy atom. The van der Waals surface area contributed by atoms with E-state index in [0.29, 0.717) is 31.8 Å². The molecular formula is C17H17ClN2O3S. The second kappa shape index (κ2) is 7.23. The molecule has 7 heteroatoms. The van der Waals surface area contributed by atoms with Crippen LogP contribution in [-0.4, -0.2) is 36.6 Å². The molecule has 3 rings (SSSR count). The fourth-order valence-electron chi connectivity index (χ4n) is 2.55. The van der Waals surface area contributed by atoms with Crippen molar-refractivity contribution in [2.24, 2.45) is 0 Å². The van der Waals surface area contributed by atoms with E-state index in [9.17, 15) is 9.59 Å². The van der Waals surface area contributed by atoms with Gasteiger partial charge in [-0.05, 0) is 43.3 Å². The molecule has 0 bridgehead atoms. The summed E-state index contributed by atoms with van der Waals surface area (Å²) in [4.78, 5) is 28.6. The zero-order chi connectivity index (χ0) is 17.1. The number of benzene rings is 1. The first-order valence-corrected chi connectivity index (χ1v) is 8.85. The monoisotopic (exact) mass is 364 g/mol. The fourth-order valence-corrected chi connectivity index (χ4v) is 3.65. The van der Waals surface area contributed by atoms with Gasteiger partial charge in [0.05, 0.1) is 17.4 Å². The van der Waals surface area contributed by atoms with Gasteiger partial charge in [-0.25, -0.2) is 4.79 Å². The summed E-state index contributed by atoms with van der Waals surface area (Å²) in [6, 6.07) is 10.8. The third-order valence-electron chi connectivity index (χ3n) is 3.83. The number of cyclic esters (lactones) is 1. The molecule has 1 saturated heterocycles. The standard InChI is InChI=1S/C17H17ClN2O3S/c1-2-19(11-14-7-8-15(18)24-14)16(21)12-3-5-13(6-4-12)20-9-10-23-17(20)22/h3-8H,2,9-11H2,1H3. The van der Waals surface area contributed by atoms with Crippen molar-refractivity contribution in [2.45, 2.75) is 13.5 Å². The second-order valence-corrected chi connectivity index (χ2v) is 7.14. The van der Waals surface area contributed by atoms with Gasteiger partial charge < -0.3 is 9.64 Å². The predicted molar refractivity (Wildman–Crippen MR) is 94.9 cm³/mol. The van der Waals surface area contributed by atoms with Gasteiger partial charge in [-0.15, -0.1) is 11.3 Å². The van der Waals surface area contributed by atoms with E-state index in [4.69, 9.17) is 16.3 Å². The summed E-state index contributed by atoms with van der Waals surface area (Å²) in [7, 11) is 0. The summed E-state index contributed by atoms with van der Waals surface area (Å²) in [6.45, 7) is 4.02. The van der Waals surface area contributed by atoms with Crippen molar-refractivity contribution in [1.82, 2.24) is 4.90 Å². The average Bonchev–Trinajstić information content (AvgIpc) is 3.20. The van der Waals surface area contributed by atoms with Crippen molar-refractivity contribution in [2.75, 3.05) is 24.6 Å². The highest BCUT2D eigenvalue weighted by molar-refractivity contribution is 7.16. The molecule has 0 atom stereocenters. The molecule has 1 aliphatic rings. The maximum atomic E-state index is 12.7. The number of carbonyl (C=O) groups excluding carboxylic acids is 2. The molecular weight excluding hydrogens is 348 g/mol. The van der Waals surface area contributed by atoms with E-state index in [1.165, 1.54) is 11.3 Å². The molecule has 0 unspecified atom stereocenters. The molecule has 5 nitrogen and oxygen atoms in total. The molecule has 126 valence electrons. The topological polar surface area (TPSA) is 49.9 Å². The minimum absolute atomic E-state index is 0.0439. The van der Waals surface area contributed by atoms with Crippen LogP contribution >= 0.6 is 22.9 Å². The van der Waals surface area contributed by atoms with Crippen LogP contribution in [0.2, 0.25) is 4.34 Å². The highest BCUT2D eigenvalue weighted by Crippen LogP contribution is 2.24. The number of anilines is 1. The van der Waals surface area contributed by atoms with Crippen LogP contribution in [0.25, 0.3) is 0 Å². The van der Waals surface area contributed by atoms with Gasteiger partial charge >= 0.3 is 6.09 Å². The number of thiophene rings is 1. The Hall–Kier alpha value is -2.05. The summed E-state index contributed by atoms with van der Waals surface area (Å²) >= 11 is 7.42. The van der Waals surface area contributed by atoms with Crippen LogP contribution in [0.1, 0.15) is 22.2 Å². The molecule has 2 aromatic rings. The Labute approximate surface area is 149 Å². The van der Waals surface area contributed by atoms with Crippen LogP contribution in [0.5, 0.6) is 0 Å². The SMILES string of the molecule is CCN(Cc1ccc(Cl)s1)C(=O)c1ccc(N2CCOC2=O)cc1. The van der Waals surface area contributed by atoms with Gasteiger partial charge in [-0.2, -0.15) is 0 Å². The Morgan fingerprint density at radius 3 is 2.58 bits per heavy atom. The Kier molecular flexibility index (Phi) is 5.06. The lowest BCUT2D eigenvalue weighted by atomic mass is 10.1. The van der Waals surface area contributed by atoms with Crippen molar-refractivity contribution in [3.8, 4) is 0 Å². The van der Waals surface area contributed by atoms with Crippen LogP contribution in [0.4, 0.5) is 10.5 Å². The lowest BCUT2D eigenvalue weighted by Gasteiger charge is -2.20. The summed E-state index contributed by atoms with van der Waals surface area (Å²) in [5.74, 6) is -0.0439. The molecule has 0 aliphatic carbocycles. The quantitative estimate of drug-likeness (QED) is 0.805. The number of rotatable bonds is 5. The summed E-state index contributed by atoms with van der Waals surface area (Å²) in [6.07, 6.45) is -0.348. The molecule has 2 heterocycles. The van der Waals surface area contributed by atoms with Gasteiger partial charge in [0.15, 0.2) is 0 Å². The van der Waals surface area contributed by atoms with E-state index >= 15 is 0 Å². The predicted octanol–water partition coefficient (Wildman–Crippen LogP) is 4.02. The summed E-state index contributed by atoms with van der Waals surface area (Å²) in [5, 5.41) is 0. The molecule has 0 N–H and O–H groups in total. The highest BCUT2D eigenvalue weighted by Gasteiger charge is 2.24. The van der Waals surface area contributed by atoms with E-state index in [1.807, 2.05) is 19.1 Å². The van der Waals surface area contributed by atoms with Gasteiger partial charge in [0, 0.05) is 22.7 Å². The summed E-state index contributed by atoms with van der Waals surface area (Å²) in [5.41, 5.74) is 1.33. The summed E-state index contributed by atoms with van der Waals surface area (Å²) < 4.78 is 5.64. The molecule has 24 heavy (non-hydrogen) atoms. The Bertz CT molecular complexity index is 745. The number of hydrogen-bond acceptors (Lipinski definition) is 4. The zero-order valence-electron chi connectivity index (χ0n) is 13.2. The van der Waals surface area contributed by atoms with E-state index in [-0.39, 0.29) is 12.0 Å². The van der Waals surface area contributed by atoms with Crippen LogP contribution in [-0.2, 0) is 11.3 Å². The van der Waals surface area contributed by atoms with Crippen LogP contribution in [0, 0.1) is 0 Å². The molecule has 0 saturated carbocycles. The van der Waals surface area contributed by atoms with Crippen LogP contribution in [0.15, 0.2) is 36.4 Å². The van der Waals surface area contributed by atoms with Crippen molar-refractivity contribution >= 4 is 40.6 Å². The number of amides is 2. The number of ether oxygens (including phenoxy) is 1. The molecule has 2 amide bonds. The first-order chi connectivity index (χ1) is 11.6. The number of hydrogen-bond donors (Lipinski definition) is 0. The van der Waals surface area contributed by atoms with Gasteiger partial charge in [0.25, 0.3) is 5.91 Å². The van der Waals surface area contributed by atoms with Gasteiger partial charge in [-0.3, -0.25) is 9.69 Å². The first-order valence-electron chi connectivity index (χ1n) is 7.66. The van der Waals surface area contributed by atoms with Gasteiger partial charge in [0.2, 0.25) is 0 Å². The third kappa shape index (κ3) is 3.55. The molecule has 1 aromatic carbocycles. The Balaban J connectivity index is 1.72. The van der Waals surface area contributed by atoms with Crippen molar-refractivity contribution in [3.63, 3.8) is 0 Å². The van der Waals surface area contributed by atoms with E-state index in [0.717, 1.165) is 14.9 Å². The average molecular weight is 365 g/mol. The van der Waals surface area contributed by atoms with Crippen molar-refractivity contribution < 1.29 is 14.3 Å². The normalized spacial score (nSPS) is 13.9. The number of halogens is 1. The molecule has 0 radical (unpaired) electrons. The molecule has 1 fully saturated rings. The van der Waals surface area contributed by atoms with E-state index in [1.54, 1.807) is 34.1 Å². The number of carbonyl (C=O) groups is 2. The lowest BCUT2D eigenvalue weighted by Crippen LogP contribution is -2.30. The molecule has 1 aromatic heterocycles. The van der Waals surface area contributed by atoms with Crippen LogP contribution < -0.4 is 4.90 Å². The smallest absolute Gasteiger partial charge is 0.414 e. The lowest BCUT2D eigenvalue weighted by molar-refractivity contribution is 0.0754. The number of nitrogens with zero attached hydrogens (tertiary/aromatic N) is 2. The zero-order valence-corrected chi connectivity index (χ0v) is 14.8. The van der Waals surface area contributed by atoms with Crippen LogP contribution in [0.3, 0.4) is 0 Å². The second-order valence-electron chi connectivity index (χ2n) is 5.34. The largest absolute Gasteiger partial charge is 0.447 e. The third-order valence-corrected chi connectivity index (χ3v) is 5.05. The van der Waals surface area contributed by atoms with E-state index in [2.05, 4.69) is 0 Å². The van der Waals surface area contributed by atoms with E-state index < -0.39 is 0 Å². The first kappa shape index (κ1) is 16.8. The van der Waals surface area contributed by atoms with Crippen molar-refractivity contribution in [1.29, 1.82) is 0 Å². The minimum atomic E-state index is -0.348. The maximum Gasteiger partial charge on any atom is 0.414 e. The minimum Gasteiger partial charge on any atom is -0.447 e. The molecule has 1 aliphatic heterocycles. The van der Waals surface area contributed by atoms with Gasteiger partial charge in [0.1, 0.15) is 6.61 Å². The maximum absolute atomic E-state index is 12.7. The van der Waals surface area contributed by atoms with Gasteiger partial charge in [-0.1, -0.05) is 11.6 Å². The Morgan fingerprint density at radius 2 is 2.04 bits per heavy atom. The highest BCUT2D eigenvalue weighted by atomic mass is 35.5. The molecule has 0 spiro atoms. The van der Waals surface area contributed by atoms with Crippen molar-refractivity contribution in [3.05, 3.63) is 51.2 Å².